The molecule has 1 aromatic heterocycles. The Balaban J connectivity index is 1.80. The lowest BCUT2D eigenvalue weighted by atomic mass is 10.1. The van der Waals surface area contributed by atoms with E-state index in [0.29, 0.717) is 12.2 Å². The molecule has 0 bridgehead atoms. The topological polar surface area (TPSA) is 51.2 Å². The number of benzene rings is 1. The number of carbonyl (C=O) groups excluding carboxylic acids is 1. The maximum atomic E-state index is 12.2. The Morgan fingerprint density at radius 2 is 2.10 bits per heavy atom. The highest BCUT2D eigenvalue weighted by Crippen LogP contribution is 2.26. The third-order valence-corrected chi connectivity index (χ3v) is 3.52. The van der Waals surface area contributed by atoms with Gasteiger partial charge in [-0.05, 0) is 36.6 Å². The number of aromatic nitrogens is 1. The number of hydrogen-bond donors (Lipinski definition) is 1. The summed E-state index contributed by atoms with van der Waals surface area (Å²) in [4.78, 5) is 16.1. The maximum absolute atomic E-state index is 12.2. The van der Waals surface area contributed by atoms with E-state index in [1.807, 2.05) is 24.3 Å². The lowest BCUT2D eigenvalue weighted by molar-refractivity contribution is -0.122. The van der Waals surface area contributed by atoms with Crippen molar-refractivity contribution in [2.45, 2.75) is 18.9 Å². The Kier molecular flexibility index (Phi) is 3.56. The molecule has 1 aromatic carbocycles. The number of pyridine rings is 1. The Labute approximate surface area is 121 Å². The summed E-state index contributed by atoms with van der Waals surface area (Å²) >= 11 is 5.95. The minimum atomic E-state index is -0.566. The summed E-state index contributed by atoms with van der Waals surface area (Å²) in [6.07, 6.45) is 2.40. The van der Waals surface area contributed by atoms with Gasteiger partial charge in [-0.25, -0.2) is 4.98 Å². The van der Waals surface area contributed by atoms with Crippen LogP contribution in [0.3, 0.4) is 0 Å². The van der Waals surface area contributed by atoms with E-state index in [-0.39, 0.29) is 11.1 Å². The molecule has 0 saturated carbocycles. The van der Waals surface area contributed by atoms with Crippen LogP contribution in [0, 0.1) is 0 Å². The SMILES string of the molecule is O=C1Nc2ccccc2CCC1Oc1cccnc1Cl. The van der Waals surface area contributed by atoms with Crippen LogP contribution in [-0.2, 0) is 11.2 Å². The third kappa shape index (κ3) is 2.60. The van der Waals surface area contributed by atoms with E-state index >= 15 is 0 Å². The Bertz CT molecular complexity index is 645. The standard InChI is InChI=1S/C15H13ClN2O2/c16-14-12(6-3-9-17-14)20-13-8-7-10-4-1-2-5-11(10)18-15(13)19/h1-6,9,13H,7-8H2,(H,18,19). The minimum absolute atomic E-state index is 0.158. The average molecular weight is 289 g/mol. The van der Waals surface area contributed by atoms with Crippen LogP contribution in [0.15, 0.2) is 42.6 Å². The highest BCUT2D eigenvalue weighted by atomic mass is 35.5. The van der Waals surface area contributed by atoms with Crippen LogP contribution < -0.4 is 10.1 Å². The molecule has 102 valence electrons. The molecule has 0 radical (unpaired) electrons. The number of nitrogens with zero attached hydrogens (tertiary/aromatic N) is 1. The number of nitrogens with one attached hydrogen (secondary N) is 1. The molecule has 20 heavy (non-hydrogen) atoms. The van der Waals surface area contributed by atoms with Gasteiger partial charge >= 0.3 is 0 Å². The molecule has 1 unspecified atom stereocenters. The van der Waals surface area contributed by atoms with Crippen LogP contribution in [0.25, 0.3) is 0 Å². The molecule has 3 rings (SSSR count). The average Bonchev–Trinajstić information content (AvgIpc) is 2.61. The van der Waals surface area contributed by atoms with E-state index in [4.69, 9.17) is 16.3 Å². The molecule has 1 atom stereocenters. The zero-order valence-corrected chi connectivity index (χ0v) is 11.4. The molecule has 0 fully saturated rings. The van der Waals surface area contributed by atoms with Crippen LogP contribution >= 0.6 is 11.6 Å². The predicted octanol–water partition coefficient (Wildman–Crippen LogP) is 3.07. The summed E-state index contributed by atoms with van der Waals surface area (Å²) in [5.41, 5.74) is 1.96. The van der Waals surface area contributed by atoms with Crippen LogP contribution in [0.1, 0.15) is 12.0 Å². The van der Waals surface area contributed by atoms with Crippen molar-refractivity contribution in [1.82, 2.24) is 4.98 Å². The van der Waals surface area contributed by atoms with E-state index in [0.717, 1.165) is 17.7 Å². The normalized spacial score (nSPS) is 17.9. The first kappa shape index (κ1) is 12.9. The molecule has 1 aliphatic rings. The molecular formula is C15H13ClN2O2. The van der Waals surface area contributed by atoms with Gasteiger partial charge in [0.05, 0.1) is 0 Å². The van der Waals surface area contributed by atoms with Crippen molar-refractivity contribution >= 4 is 23.2 Å². The second kappa shape index (κ2) is 5.51. The zero-order valence-electron chi connectivity index (χ0n) is 10.7. The van der Waals surface area contributed by atoms with Gasteiger partial charge in [-0.1, -0.05) is 29.8 Å². The van der Waals surface area contributed by atoms with Gasteiger partial charge < -0.3 is 10.1 Å². The number of hydrogen-bond acceptors (Lipinski definition) is 3. The first-order chi connectivity index (χ1) is 9.74. The van der Waals surface area contributed by atoms with Crippen molar-refractivity contribution in [3.8, 4) is 5.75 Å². The van der Waals surface area contributed by atoms with Gasteiger partial charge in [0.15, 0.2) is 17.0 Å². The molecule has 1 N–H and O–H groups in total. The van der Waals surface area contributed by atoms with Crippen LogP contribution in [0.5, 0.6) is 5.75 Å². The summed E-state index contributed by atoms with van der Waals surface area (Å²) < 4.78 is 5.70. The number of aryl methyl sites for hydroxylation is 1. The van der Waals surface area contributed by atoms with E-state index in [1.165, 1.54) is 0 Å². The quantitative estimate of drug-likeness (QED) is 0.864. The van der Waals surface area contributed by atoms with E-state index in [9.17, 15) is 4.79 Å². The molecule has 0 aliphatic carbocycles. The highest BCUT2D eigenvalue weighted by Gasteiger charge is 2.25. The monoisotopic (exact) mass is 288 g/mol. The Morgan fingerprint density at radius 1 is 1.25 bits per heavy atom. The first-order valence-corrected chi connectivity index (χ1v) is 6.78. The summed E-state index contributed by atoms with van der Waals surface area (Å²) in [5, 5.41) is 3.15. The number of rotatable bonds is 2. The number of anilines is 1. The Morgan fingerprint density at radius 3 is 2.95 bits per heavy atom. The first-order valence-electron chi connectivity index (χ1n) is 6.40. The van der Waals surface area contributed by atoms with Gasteiger partial charge in [-0.3, -0.25) is 4.79 Å². The van der Waals surface area contributed by atoms with Gasteiger partial charge in [0.25, 0.3) is 5.91 Å². The molecule has 4 nitrogen and oxygen atoms in total. The zero-order chi connectivity index (χ0) is 13.9. The van der Waals surface area contributed by atoms with Gasteiger partial charge in [0.1, 0.15) is 0 Å². The number of amides is 1. The number of carbonyl (C=O) groups is 1. The maximum Gasteiger partial charge on any atom is 0.265 e. The van der Waals surface area contributed by atoms with Crippen molar-refractivity contribution in [3.05, 3.63) is 53.3 Å². The summed E-state index contributed by atoms with van der Waals surface area (Å²) in [6.45, 7) is 0. The Hall–Kier alpha value is -2.07. The number of para-hydroxylation sites is 1. The minimum Gasteiger partial charge on any atom is -0.477 e. The van der Waals surface area contributed by atoms with Crippen molar-refractivity contribution < 1.29 is 9.53 Å². The molecule has 1 aliphatic heterocycles. The molecule has 0 saturated heterocycles. The van der Waals surface area contributed by atoms with Crippen LogP contribution in [0.4, 0.5) is 5.69 Å². The van der Waals surface area contributed by atoms with Crippen molar-refractivity contribution in [2.24, 2.45) is 0 Å². The molecule has 2 heterocycles. The summed E-state index contributed by atoms with van der Waals surface area (Å²) in [6, 6.07) is 11.2. The van der Waals surface area contributed by atoms with Crippen LogP contribution in [0.2, 0.25) is 5.15 Å². The lowest BCUT2D eigenvalue weighted by Crippen LogP contribution is -2.31. The van der Waals surface area contributed by atoms with E-state index < -0.39 is 6.10 Å². The second-order valence-corrected chi connectivity index (χ2v) is 4.94. The number of fused-ring (bicyclic) bond motifs is 1. The van der Waals surface area contributed by atoms with Gasteiger partial charge in [0, 0.05) is 11.9 Å². The molecule has 0 spiro atoms. The molecular weight excluding hydrogens is 276 g/mol. The van der Waals surface area contributed by atoms with Gasteiger partial charge in [-0.15, -0.1) is 0 Å². The van der Waals surface area contributed by atoms with Gasteiger partial charge in [0.2, 0.25) is 0 Å². The summed E-state index contributed by atoms with van der Waals surface area (Å²) in [5.74, 6) is 0.273. The third-order valence-electron chi connectivity index (χ3n) is 3.24. The largest absolute Gasteiger partial charge is 0.477 e. The summed E-state index contributed by atoms with van der Waals surface area (Å²) in [7, 11) is 0. The fraction of sp³-hybridized carbons (Fsp3) is 0.200. The van der Waals surface area contributed by atoms with Crippen molar-refractivity contribution in [2.75, 3.05) is 5.32 Å². The highest BCUT2D eigenvalue weighted by molar-refractivity contribution is 6.30. The second-order valence-electron chi connectivity index (χ2n) is 4.58. The van der Waals surface area contributed by atoms with Gasteiger partial charge in [-0.2, -0.15) is 0 Å². The predicted molar refractivity (Wildman–Crippen MR) is 77.1 cm³/mol. The van der Waals surface area contributed by atoms with Crippen molar-refractivity contribution in [1.29, 1.82) is 0 Å². The van der Waals surface area contributed by atoms with E-state index in [1.54, 1.807) is 18.3 Å². The molecule has 1 amide bonds. The molecule has 5 heteroatoms. The fourth-order valence-electron chi connectivity index (χ4n) is 2.22. The van der Waals surface area contributed by atoms with E-state index in [2.05, 4.69) is 10.3 Å². The fourth-order valence-corrected chi connectivity index (χ4v) is 2.38. The number of halogens is 1. The van der Waals surface area contributed by atoms with Crippen LogP contribution in [-0.4, -0.2) is 17.0 Å². The molecule has 2 aromatic rings. The van der Waals surface area contributed by atoms with Crippen molar-refractivity contribution in [3.63, 3.8) is 0 Å². The number of ether oxygens (including phenoxy) is 1. The smallest absolute Gasteiger partial charge is 0.265 e. The lowest BCUT2D eigenvalue weighted by Gasteiger charge is -2.16.